The number of aromatic nitrogens is 2. The zero-order chi connectivity index (χ0) is 14.8. The Morgan fingerprint density at radius 1 is 1.29 bits per heavy atom. The van der Waals surface area contributed by atoms with E-state index in [-0.39, 0.29) is 5.38 Å². The van der Waals surface area contributed by atoms with Gasteiger partial charge in [-0.05, 0) is 64.0 Å². The predicted molar refractivity (Wildman–Crippen MR) is 92.0 cm³/mol. The van der Waals surface area contributed by atoms with Crippen molar-refractivity contribution in [3.05, 3.63) is 28.5 Å². The van der Waals surface area contributed by atoms with Gasteiger partial charge in [0.05, 0.1) is 16.4 Å². The Balaban J connectivity index is 1.79. The number of benzene rings is 1. The standard InChI is InChI=1S/C16H21BrClN3/c1-12(18)16-19-14-11-13(17)5-6-15(14)21(16)10-4-9-20-7-2-3-8-20/h5-6,11-12H,2-4,7-10H2,1H3. The molecule has 5 heteroatoms. The highest BCUT2D eigenvalue weighted by Gasteiger charge is 2.16. The minimum Gasteiger partial charge on any atom is -0.327 e. The number of nitrogens with zero attached hydrogens (tertiary/aromatic N) is 3. The highest BCUT2D eigenvalue weighted by molar-refractivity contribution is 9.10. The normalized spacial score (nSPS) is 17.7. The molecule has 0 saturated carbocycles. The van der Waals surface area contributed by atoms with Crippen LogP contribution in [0.15, 0.2) is 22.7 Å². The lowest BCUT2D eigenvalue weighted by Gasteiger charge is -2.16. The molecule has 1 aromatic heterocycles. The Morgan fingerprint density at radius 3 is 2.76 bits per heavy atom. The number of halogens is 2. The van der Waals surface area contributed by atoms with Gasteiger partial charge in [0, 0.05) is 11.0 Å². The van der Waals surface area contributed by atoms with Crippen molar-refractivity contribution >= 4 is 38.6 Å². The number of fused-ring (bicyclic) bond motifs is 1. The van der Waals surface area contributed by atoms with Gasteiger partial charge in [-0.2, -0.15) is 0 Å². The number of hydrogen-bond donors (Lipinski definition) is 0. The van der Waals surface area contributed by atoms with E-state index in [4.69, 9.17) is 16.6 Å². The second kappa shape index (κ2) is 6.67. The van der Waals surface area contributed by atoms with Gasteiger partial charge in [0.25, 0.3) is 0 Å². The molecule has 1 saturated heterocycles. The van der Waals surface area contributed by atoms with Crippen LogP contribution in [0.25, 0.3) is 11.0 Å². The average Bonchev–Trinajstić information content (AvgIpc) is 3.06. The SMILES string of the molecule is CC(Cl)c1nc2cc(Br)ccc2n1CCCN1CCCC1. The van der Waals surface area contributed by atoms with Crippen molar-refractivity contribution in [1.29, 1.82) is 0 Å². The van der Waals surface area contributed by atoms with Crippen molar-refractivity contribution < 1.29 is 0 Å². The number of aryl methyl sites for hydroxylation is 1. The summed E-state index contributed by atoms with van der Waals surface area (Å²) in [6, 6.07) is 6.27. The minimum absolute atomic E-state index is 0.0667. The molecule has 21 heavy (non-hydrogen) atoms. The van der Waals surface area contributed by atoms with Gasteiger partial charge in [-0.25, -0.2) is 4.98 Å². The van der Waals surface area contributed by atoms with Crippen molar-refractivity contribution in [2.24, 2.45) is 0 Å². The predicted octanol–water partition coefficient (Wildman–Crippen LogP) is 4.58. The third kappa shape index (κ3) is 3.43. The molecule has 114 valence electrons. The van der Waals surface area contributed by atoms with Crippen molar-refractivity contribution in [2.75, 3.05) is 19.6 Å². The van der Waals surface area contributed by atoms with E-state index in [9.17, 15) is 0 Å². The van der Waals surface area contributed by atoms with E-state index >= 15 is 0 Å². The van der Waals surface area contributed by atoms with Gasteiger partial charge in [0.15, 0.2) is 0 Å². The number of alkyl halides is 1. The highest BCUT2D eigenvalue weighted by Crippen LogP contribution is 2.27. The Kier molecular flexibility index (Phi) is 4.87. The molecule has 0 aliphatic carbocycles. The minimum atomic E-state index is -0.0667. The van der Waals surface area contributed by atoms with Gasteiger partial charge in [0.2, 0.25) is 0 Å². The average molecular weight is 371 g/mol. The van der Waals surface area contributed by atoms with Gasteiger partial charge in [-0.15, -0.1) is 11.6 Å². The van der Waals surface area contributed by atoms with Gasteiger partial charge < -0.3 is 9.47 Å². The molecule has 2 heterocycles. The molecule has 0 spiro atoms. The molecule has 1 atom stereocenters. The van der Waals surface area contributed by atoms with Crippen LogP contribution >= 0.6 is 27.5 Å². The molecule has 0 radical (unpaired) electrons. The lowest BCUT2D eigenvalue weighted by atomic mass is 10.3. The van der Waals surface area contributed by atoms with Crippen LogP contribution in [0.2, 0.25) is 0 Å². The summed E-state index contributed by atoms with van der Waals surface area (Å²) in [6.07, 6.45) is 3.86. The molecule has 3 nitrogen and oxygen atoms in total. The Bertz CT molecular complexity index is 617. The summed E-state index contributed by atoms with van der Waals surface area (Å²) < 4.78 is 3.35. The van der Waals surface area contributed by atoms with E-state index in [1.165, 1.54) is 38.0 Å². The largest absolute Gasteiger partial charge is 0.327 e. The fourth-order valence-corrected chi connectivity index (χ4v) is 3.63. The van der Waals surface area contributed by atoms with E-state index in [1.807, 2.05) is 6.92 Å². The summed E-state index contributed by atoms with van der Waals surface area (Å²) in [5.41, 5.74) is 2.20. The van der Waals surface area contributed by atoms with Gasteiger partial charge in [0.1, 0.15) is 5.82 Å². The molecule has 1 unspecified atom stereocenters. The molecule has 1 aliphatic rings. The first kappa shape index (κ1) is 15.3. The molecule has 0 bridgehead atoms. The molecular weight excluding hydrogens is 350 g/mol. The molecule has 1 fully saturated rings. The van der Waals surface area contributed by atoms with E-state index in [0.29, 0.717) is 0 Å². The Labute approximate surface area is 139 Å². The monoisotopic (exact) mass is 369 g/mol. The number of likely N-dealkylation sites (tertiary alicyclic amines) is 1. The van der Waals surface area contributed by atoms with Crippen molar-refractivity contribution in [1.82, 2.24) is 14.5 Å². The maximum Gasteiger partial charge on any atom is 0.127 e. The zero-order valence-electron chi connectivity index (χ0n) is 12.4. The zero-order valence-corrected chi connectivity index (χ0v) is 14.7. The molecule has 1 aromatic carbocycles. The second-order valence-electron chi connectivity index (χ2n) is 5.77. The topological polar surface area (TPSA) is 21.1 Å². The van der Waals surface area contributed by atoms with E-state index in [1.54, 1.807) is 0 Å². The first-order chi connectivity index (χ1) is 10.1. The van der Waals surface area contributed by atoms with E-state index in [2.05, 4.69) is 43.6 Å². The summed E-state index contributed by atoms with van der Waals surface area (Å²) in [4.78, 5) is 7.27. The maximum absolute atomic E-state index is 6.32. The highest BCUT2D eigenvalue weighted by atomic mass is 79.9. The number of rotatable bonds is 5. The molecule has 0 amide bonds. The van der Waals surface area contributed by atoms with Crippen LogP contribution in [0.5, 0.6) is 0 Å². The molecule has 1 aliphatic heterocycles. The number of hydrogen-bond acceptors (Lipinski definition) is 2. The van der Waals surface area contributed by atoms with Crippen molar-refractivity contribution in [2.45, 2.75) is 38.1 Å². The second-order valence-corrected chi connectivity index (χ2v) is 7.34. The van der Waals surface area contributed by atoms with Gasteiger partial charge in [-0.1, -0.05) is 15.9 Å². The van der Waals surface area contributed by atoms with Crippen LogP contribution in [0.1, 0.15) is 37.4 Å². The fourth-order valence-electron chi connectivity index (χ4n) is 3.12. The van der Waals surface area contributed by atoms with Gasteiger partial charge in [-0.3, -0.25) is 0 Å². The van der Waals surface area contributed by atoms with Crippen LogP contribution in [-0.2, 0) is 6.54 Å². The molecule has 0 N–H and O–H groups in total. The summed E-state index contributed by atoms with van der Waals surface area (Å²) in [5.74, 6) is 0.978. The summed E-state index contributed by atoms with van der Waals surface area (Å²) in [7, 11) is 0. The van der Waals surface area contributed by atoms with Gasteiger partial charge >= 0.3 is 0 Å². The lowest BCUT2D eigenvalue weighted by Crippen LogP contribution is -2.21. The third-order valence-corrected chi connectivity index (χ3v) is 4.84. The summed E-state index contributed by atoms with van der Waals surface area (Å²) in [6.45, 7) is 6.68. The Hall–Kier alpha value is -0.580. The lowest BCUT2D eigenvalue weighted by molar-refractivity contribution is 0.325. The third-order valence-electron chi connectivity index (χ3n) is 4.15. The van der Waals surface area contributed by atoms with Crippen LogP contribution in [0, 0.1) is 0 Å². The van der Waals surface area contributed by atoms with Crippen molar-refractivity contribution in [3.63, 3.8) is 0 Å². The van der Waals surface area contributed by atoms with Crippen LogP contribution < -0.4 is 0 Å². The summed E-state index contributed by atoms with van der Waals surface area (Å²) >= 11 is 9.83. The van der Waals surface area contributed by atoms with Crippen molar-refractivity contribution in [3.8, 4) is 0 Å². The Morgan fingerprint density at radius 2 is 2.05 bits per heavy atom. The first-order valence-electron chi connectivity index (χ1n) is 7.67. The number of imidazole rings is 1. The first-order valence-corrected chi connectivity index (χ1v) is 8.90. The molecular formula is C16H21BrClN3. The molecule has 2 aromatic rings. The van der Waals surface area contributed by atoms with Crippen LogP contribution in [0.3, 0.4) is 0 Å². The molecule has 3 rings (SSSR count). The van der Waals surface area contributed by atoms with Crippen LogP contribution in [0.4, 0.5) is 0 Å². The summed E-state index contributed by atoms with van der Waals surface area (Å²) in [5, 5.41) is -0.0667. The van der Waals surface area contributed by atoms with Crippen LogP contribution in [-0.4, -0.2) is 34.1 Å². The fraction of sp³-hybridized carbons (Fsp3) is 0.562. The quantitative estimate of drug-likeness (QED) is 0.718. The smallest absolute Gasteiger partial charge is 0.127 e. The van der Waals surface area contributed by atoms with E-state index in [0.717, 1.165) is 28.8 Å². The van der Waals surface area contributed by atoms with E-state index < -0.39 is 0 Å². The maximum atomic E-state index is 6.32.